The van der Waals surface area contributed by atoms with Crippen LogP contribution < -0.4 is 5.73 Å². The van der Waals surface area contributed by atoms with Gasteiger partial charge in [-0.25, -0.2) is 0 Å². The van der Waals surface area contributed by atoms with Gasteiger partial charge in [0.2, 0.25) is 5.91 Å². The topological polar surface area (TPSA) is 66.6 Å². The van der Waals surface area contributed by atoms with E-state index in [1.165, 1.54) is 0 Å². The van der Waals surface area contributed by atoms with E-state index in [-0.39, 0.29) is 17.7 Å². The fourth-order valence-corrected chi connectivity index (χ4v) is 2.12. The van der Waals surface area contributed by atoms with Crippen LogP contribution in [0.2, 0.25) is 0 Å². The van der Waals surface area contributed by atoms with E-state index in [1.807, 2.05) is 17.0 Å². The summed E-state index contributed by atoms with van der Waals surface area (Å²) in [5, 5.41) is 9.17. The second-order valence-electron chi connectivity index (χ2n) is 4.49. The normalized spacial score (nSPS) is 20.6. The molecule has 1 atom stereocenters. The van der Waals surface area contributed by atoms with Crippen molar-refractivity contribution >= 4 is 5.91 Å². The van der Waals surface area contributed by atoms with Crippen molar-refractivity contribution in [3.05, 3.63) is 29.8 Å². The molecule has 1 aromatic rings. The molecule has 17 heavy (non-hydrogen) atoms. The average molecular weight is 234 g/mol. The van der Waals surface area contributed by atoms with E-state index in [0.29, 0.717) is 6.54 Å². The first-order chi connectivity index (χ1) is 8.16. The van der Waals surface area contributed by atoms with Crippen molar-refractivity contribution in [1.29, 1.82) is 0 Å². The van der Waals surface area contributed by atoms with Gasteiger partial charge in [-0.05, 0) is 37.0 Å². The minimum absolute atomic E-state index is 0.0648. The molecule has 3 N–H and O–H groups in total. The lowest BCUT2D eigenvalue weighted by Crippen LogP contribution is -2.48. The smallest absolute Gasteiger partial charge is 0.239 e. The molecule has 0 aliphatic carbocycles. The maximum atomic E-state index is 11.8. The highest BCUT2D eigenvalue weighted by atomic mass is 16.3. The van der Waals surface area contributed by atoms with Crippen LogP contribution >= 0.6 is 0 Å². The molecule has 4 heteroatoms. The SMILES string of the molecule is NC1CCCN(CCc2ccc(O)cc2)C1=O. The molecule has 0 aromatic heterocycles. The Morgan fingerprint density at radius 3 is 2.76 bits per heavy atom. The van der Waals surface area contributed by atoms with Crippen LogP contribution in [0.3, 0.4) is 0 Å². The summed E-state index contributed by atoms with van der Waals surface area (Å²) in [7, 11) is 0. The molecule has 1 fully saturated rings. The van der Waals surface area contributed by atoms with Crippen LogP contribution in [0.25, 0.3) is 0 Å². The number of phenols is 1. The van der Waals surface area contributed by atoms with Crippen LogP contribution in [0, 0.1) is 0 Å². The number of aromatic hydroxyl groups is 1. The van der Waals surface area contributed by atoms with Gasteiger partial charge in [0.05, 0.1) is 6.04 Å². The summed E-state index contributed by atoms with van der Waals surface area (Å²) in [5.41, 5.74) is 6.85. The fraction of sp³-hybridized carbons (Fsp3) is 0.462. The van der Waals surface area contributed by atoms with Gasteiger partial charge in [0.25, 0.3) is 0 Å². The number of carbonyl (C=O) groups excluding carboxylic acids is 1. The number of hydrogen-bond donors (Lipinski definition) is 2. The van der Waals surface area contributed by atoms with Crippen molar-refractivity contribution in [2.45, 2.75) is 25.3 Å². The molecule has 4 nitrogen and oxygen atoms in total. The van der Waals surface area contributed by atoms with Gasteiger partial charge < -0.3 is 15.7 Å². The molecule has 1 aliphatic rings. The lowest BCUT2D eigenvalue weighted by molar-refractivity contribution is -0.134. The van der Waals surface area contributed by atoms with Gasteiger partial charge in [-0.3, -0.25) is 4.79 Å². The maximum absolute atomic E-state index is 11.8. The van der Waals surface area contributed by atoms with Gasteiger partial charge in [-0.2, -0.15) is 0 Å². The number of amides is 1. The number of likely N-dealkylation sites (tertiary alicyclic amines) is 1. The Hall–Kier alpha value is -1.55. The van der Waals surface area contributed by atoms with E-state index in [1.54, 1.807) is 12.1 Å². The molecular weight excluding hydrogens is 216 g/mol. The monoisotopic (exact) mass is 234 g/mol. The van der Waals surface area contributed by atoms with Crippen LogP contribution in [0.1, 0.15) is 18.4 Å². The Labute approximate surface area is 101 Å². The molecule has 0 saturated carbocycles. The largest absolute Gasteiger partial charge is 0.508 e. The van der Waals surface area contributed by atoms with Crippen LogP contribution in [0.4, 0.5) is 0 Å². The van der Waals surface area contributed by atoms with Gasteiger partial charge in [0.1, 0.15) is 5.75 Å². The first-order valence-electron chi connectivity index (χ1n) is 5.99. The zero-order valence-corrected chi connectivity index (χ0v) is 9.80. The summed E-state index contributed by atoms with van der Waals surface area (Å²) in [6.07, 6.45) is 2.59. The Balaban J connectivity index is 1.89. The van der Waals surface area contributed by atoms with E-state index in [4.69, 9.17) is 10.8 Å². The molecule has 1 aliphatic heterocycles. The summed E-state index contributed by atoms with van der Waals surface area (Å²) >= 11 is 0. The van der Waals surface area contributed by atoms with Crippen molar-refractivity contribution in [3.63, 3.8) is 0 Å². The minimum Gasteiger partial charge on any atom is -0.508 e. The third kappa shape index (κ3) is 2.97. The highest BCUT2D eigenvalue weighted by Crippen LogP contribution is 2.13. The Bertz CT molecular complexity index is 389. The van der Waals surface area contributed by atoms with Crippen LogP contribution in [0.5, 0.6) is 5.75 Å². The lowest BCUT2D eigenvalue weighted by atomic mass is 10.0. The minimum atomic E-state index is -0.316. The molecule has 1 saturated heterocycles. The quantitative estimate of drug-likeness (QED) is 0.816. The first-order valence-corrected chi connectivity index (χ1v) is 5.99. The zero-order valence-electron chi connectivity index (χ0n) is 9.80. The predicted octanol–water partition coefficient (Wildman–Crippen LogP) is 0.884. The van der Waals surface area contributed by atoms with Gasteiger partial charge in [-0.1, -0.05) is 12.1 Å². The third-order valence-electron chi connectivity index (χ3n) is 3.18. The summed E-state index contributed by atoms with van der Waals surface area (Å²) < 4.78 is 0. The molecule has 0 radical (unpaired) electrons. The number of piperidine rings is 1. The van der Waals surface area contributed by atoms with Crippen molar-refractivity contribution in [3.8, 4) is 5.75 Å². The number of nitrogens with zero attached hydrogens (tertiary/aromatic N) is 1. The number of benzene rings is 1. The predicted molar refractivity (Wildman–Crippen MR) is 65.6 cm³/mol. The van der Waals surface area contributed by atoms with Gasteiger partial charge in [-0.15, -0.1) is 0 Å². The van der Waals surface area contributed by atoms with Gasteiger partial charge >= 0.3 is 0 Å². The van der Waals surface area contributed by atoms with Crippen molar-refractivity contribution in [2.75, 3.05) is 13.1 Å². The summed E-state index contributed by atoms with van der Waals surface area (Å²) in [6.45, 7) is 1.52. The Kier molecular flexibility index (Phi) is 3.64. The molecule has 0 bridgehead atoms. The number of phenolic OH excluding ortho intramolecular Hbond substituents is 1. The van der Waals surface area contributed by atoms with Crippen LogP contribution in [0.15, 0.2) is 24.3 Å². The molecule has 1 aromatic carbocycles. The molecule has 1 unspecified atom stereocenters. The molecule has 1 heterocycles. The number of rotatable bonds is 3. The molecule has 92 valence electrons. The number of carbonyl (C=O) groups is 1. The zero-order chi connectivity index (χ0) is 12.3. The second kappa shape index (κ2) is 5.19. The van der Waals surface area contributed by atoms with Gasteiger partial charge in [0, 0.05) is 13.1 Å². The van der Waals surface area contributed by atoms with Crippen molar-refractivity contribution in [2.24, 2.45) is 5.73 Å². The Morgan fingerprint density at radius 2 is 2.06 bits per heavy atom. The highest BCUT2D eigenvalue weighted by Gasteiger charge is 2.24. The van der Waals surface area contributed by atoms with Crippen molar-refractivity contribution in [1.82, 2.24) is 4.90 Å². The van der Waals surface area contributed by atoms with E-state index in [0.717, 1.165) is 31.4 Å². The summed E-state index contributed by atoms with van der Waals surface area (Å²) in [6, 6.07) is 6.77. The molecule has 0 spiro atoms. The van der Waals surface area contributed by atoms with Crippen LogP contribution in [-0.4, -0.2) is 35.0 Å². The molecule has 1 amide bonds. The number of hydrogen-bond acceptors (Lipinski definition) is 3. The average Bonchev–Trinajstić information content (AvgIpc) is 2.33. The third-order valence-corrected chi connectivity index (χ3v) is 3.18. The van der Waals surface area contributed by atoms with E-state index >= 15 is 0 Å². The maximum Gasteiger partial charge on any atom is 0.239 e. The summed E-state index contributed by atoms with van der Waals surface area (Å²) in [5.74, 6) is 0.333. The highest BCUT2D eigenvalue weighted by molar-refractivity contribution is 5.82. The van der Waals surface area contributed by atoms with Crippen molar-refractivity contribution < 1.29 is 9.90 Å². The summed E-state index contributed by atoms with van der Waals surface area (Å²) in [4.78, 5) is 13.6. The standard InChI is InChI=1S/C13H18N2O2/c14-12-2-1-8-15(13(12)17)9-7-10-3-5-11(16)6-4-10/h3-6,12,16H,1-2,7-9,14H2. The van der Waals surface area contributed by atoms with Crippen LogP contribution in [-0.2, 0) is 11.2 Å². The van der Waals surface area contributed by atoms with E-state index < -0.39 is 0 Å². The Morgan fingerprint density at radius 1 is 1.35 bits per heavy atom. The molecule has 2 rings (SSSR count). The van der Waals surface area contributed by atoms with E-state index in [2.05, 4.69) is 0 Å². The van der Waals surface area contributed by atoms with E-state index in [9.17, 15) is 4.79 Å². The first kappa shape index (κ1) is 11.9. The molecular formula is C13H18N2O2. The number of nitrogens with two attached hydrogens (primary N) is 1. The second-order valence-corrected chi connectivity index (χ2v) is 4.49. The van der Waals surface area contributed by atoms with Gasteiger partial charge in [0.15, 0.2) is 0 Å². The fourth-order valence-electron chi connectivity index (χ4n) is 2.12. The lowest BCUT2D eigenvalue weighted by Gasteiger charge is -2.30.